The number of hydrogen-bond donors (Lipinski definition) is 1. The number of carbonyl (C=O) groups excluding carboxylic acids is 2. The van der Waals surface area contributed by atoms with Crippen LogP contribution in [0, 0.1) is 0 Å². The van der Waals surface area contributed by atoms with Crippen molar-refractivity contribution in [2.45, 2.75) is 19.5 Å². The lowest BCUT2D eigenvalue weighted by molar-refractivity contribution is -0.139. The molecule has 2 rings (SSSR count). The first-order valence-electron chi connectivity index (χ1n) is 9.55. The van der Waals surface area contributed by atoms with Gasteiger partial charge in [0, 0.05) is 13.6 Å². The molecule has 2 amide bonds. The van der Waals surface area contributed by atoms with Crippen molar-refractivity contribution < 1.29 is 22.7 Å². The molecular weight excluding hydrogens is 477 g/mol. The Morgan fingerprint density at radius 2 is 1.81 bits per heavy atom. The maximum Gasteiger partial charge on any atom is 0.244 e. The van der Waals surface area contributed by atoms with Crippen LogP contribution in [0.1, 0.15) is 12.5 Å². The van der Waals surface area contributed by atoms with Gasteiger partial charge < -0.3 is 15.0 Å². The second-order valence-electron chi connectivity index (χ2n) is 7.01. The molecule has 174 valence electrons. The number of nitrogens with one attached hydrogen (secondary N) is 1. The van der Waals surface area contributed by atoms with Crippen LogP contribution in [0.3, 0.4) is 0 Å². The van der Waals surface area contributed by atoms with Crippen molar-refractivity contribution in [2.75, 3.05) is 31.3 Å². The minimum atomic E-state index is -3.90. The maximum atomic E-state index is 13.3. The molecule has 0 fully saturated rings. The number of amides is 2. The number of likely N-dealkylation sites (N-methyl/N-ethyl adjacent to an activating group) is 1. The summed E-state index contributed by atoms with van der Waals surface area (Å²) in [7, 11) is -0.917. The Morgan fingerprint density at radius 3 is 2.41 bits per heavy atom. The number of nitrogens with zero attached hydrogens (tertiary/aromatic N) is 2. The zero-order valence-electron chi connectivity index (χ0n) is 18.1. The first-order chi connectivity index (χ1) is 15.0. The zero-order chi connectivity index (χ0) is 24.1. The van der Waals surface area contributed by atoms with Crippen LogP contribution in [0.15, 0.2) is 42.5 Å². The predicted octanol–water partition coefficient (Wildman–Crippen LogP) is 2.93. The Kier molecular flexibility index (Phi) is 8.77. The highest BCUT2D eigenvalue weighted by Crippen LogP contribution is 2.33. The van der Waals surface area contributed by atoms with Crippen molar-refractivity contribution in [3.05, 3.63) is 58.1 Å². The molecule has 8 nitrogen and oxygen atoms in total. The average molecular weight is 502 g/mol. The molecule has 1 atom stereocenters. The molecule has 0 aliphatic heterocycles. The van der Waals surface area contributed by atoms with E-state index >= 15 is 0 Å². The van der Waals surface area contributed by atoms with Crippen molar-refractivity contribution in [2.24, 2.45) is 0 Å². The van der Waals surface area contributed by atoms with Crippen LogP contribution < -0.4 is 14.4 Å². The number of hydrogen-bond acceptors (Lipinski definition) is 5. The van der Waals surface area contributed by atoms with E-state index in [0.717, 1.165) is 10.6 Å². The SMILES string of the molecule is CNC(=O)[C@@H](C)N(Cc1cccc(OC)c1)C(=O)CN(c1cccc(Cl)c1Cl)S(C)(=O)=O. The largest absolute Gasteiger partial charge is 0.497 e. The van der Waals surface area contributed by atoms with Crippen molar-refractivity contribution in [3.63, 3.8) is 0 Å². The Morgan fingerprint density at radius 1 is 1.16 bits per heavy atom. The third-order valence-corrected chi connectivity index (χ3v) is 6.72. The van der Waals surface area contributed by atoms with Crippen LogP contribution in [-0.2, 0) is 26.2 Å². The number of halogens is 2. The smallest absolute Gasteiger partial charge is 0.244 e. The molecule has 0 saturated heterocycles. The van der Waals surface area contributed by atoms with Crippen molar-refractivity contribution in [1.29, 1.82) is 0 Å². The summed E-state index contributed by atoms with van der Waals surface area (Å²) in [6.07, 6.45) is 0.964. The Labute approximate surface area is 198 Å². The third kappa shape index (κ3) is 6.27. The van der Waals surface area contributed by atoms with E-state index in [1.54, 1.807) is 31.2 Å². The monoisotopic (exact) mass is 501 g/mol. The van der Waals surface area contributed by atoms with Crippen LogP contribution in [-0.4, -0.2) is 58.1 Å². The van der Waals surface area contributed by atoms with Gasteiger partial charge in [0.05, 0.1) is 29.1 Å². The summed E-state index contributed by atoms with van der Waals surface area (Å²) in [5.74, 6) is -0.399. The van der Waals surface area contributed by atoms with Crippen molar-refractivity contribution in [1.82, 2.24) is 10.2 Å². The van der Waals surface area contributed by atoms with Crippen LogP contribution in [0.2, 0.25) is 10.0 Å². The molecule has 0 heterocycles. The fourth-order valence-corrected chi connectivity index (χ4v) is 4.34. The molecule has 0 aliphatic carbocycles. The second-order valence-corrected chi connectivity index (χ2v) is 9.70. The van der Waals surface area contributed by atoms with E-state index in [1.165, 1.54) is 37.3 Å². The van der Waals surface area contributed by atoms with Crippen molar-refractivity contribution >= 4 is 50.7 Å². The average Bonchev–Trinajstić information content (AvgIpc) is 2.76. The molecule has 0 bridgehead atoms. The van der Waals surface area contributed by atoms with E-state index in [2.05, 4.69) is 5.32 Å². The van der Waals surface area contributed by atoms with Gasteiger partial charge in [-0.1, -0.05) is 41.4 Å². The van der Waals surface area contributed by atoms with Gasteiger partial charge in [0.2, 0.25) is 21.8 Å². The normalized spacial score (nSPS) is 12.1. The standard InChI is InChI=1S/C21H25Cl2N3O5S/c1-14(21(28)24-2)25(12-15-7-5-8-16(11-15)31-3)19(27)13-26(32(4,29)30)18-10-6-9-17(22)20(18)23/h5-11,14H,12-13H2,1-4H3,(H,24,28)/t14-/m1/s1. The highest BCUT2D eigenvalue weighted by atomic mass is 35.5. The molecule has 32 heavy (non-hydrogen) atoms. The lowest BCUT2D eigenvalue weighted by atomic mass is 10.1. The Hall–Kier alpha value is -2.49. The third-order valence-electron chi connectivity index (χ3n) is 4.78. The summed E-state index contributed by atoms with van der Waals surface area (Å²) >= 11 is 12.3. The molecule has 0 radical (unpaired) electrons. The summed E-state index contributed by atoms with van der Waals surface area (Å²) in [6.45, 7) is 1.06. The molecule has 2 aromatic rings. The van der Waals surface area contributed by atoms with Crippen LogP contribution in [0.25, 0.3) is 0 Å². The number of sulfonamides is 1. The van der Waals surface area contributed by atoms with E-state index in [0.29, 0.717) is 11.3 Å². The lowest BCUT2D eigenvalue weighted by Crippen LogP contribution is -2.50. The van der Waals surface area contributed by atoms with Gasteiger partial charge in [-0.2, -0.15) is 0 Å². The van der Waals surface area contributed by atoms with Gasteiger partial charge in [-0.3, -0.25) is 13.9 Å². The topological polar surface area (TPSA) is 96.0 Å². The molecule has 0 aromatic heterocycles. The summed E-state index contributed by atoms with van der Waals surface area (Å²) < 4.78 is 31.1. The van der Waals surface area contributed by atoms with E-state index in [9.17, 15) is 18.0 Å². The lowest BCUT2D eigenvalue weighted by Gasteiger charge is -2.31. The fourth-order valence-electron chi connectivity index (χ4n) is 3.04. The Bertz CT molecular complexity index is 1090. The van der Waals surface area contributed by atoms with Gasteiger partial charge in [0.25, 0.3) is 0 Å². The van der Waals surface area contributed by atoms with Crippen molar-refractivity contribution in [3.8, 4) is 5.75 Å². The summed E-state index contributed by atoms with van der Waals surface area (Å²) in [4.78, 5) is 26.9. The number of anilines is 1. The van der Waals surface area contributed by atoms with E-state index in [4.69, 9.17) is 27.9 Å². The van der Waals surface area contributed by atoms with Gasteiger partial charge >= 0.3 is 0 Å². The van der Waals surface area contributed by atoms with Gasteiger partial charge in [0.15, 0.2) is 0 Å². The molecule has 11 heteroatoms. The number of ether oxygens (including phenoxy) is 1. The zero-order valence-corrected chi connectivity index (χ0v) is 20.5. The number of methoxy groups -OCH3 is 1. The minimum absolute atomic E-state index is 0.00564. The highest BCUT2D eigenvalue weighted by Gasteiger charge is 2.30. The molecule has 0 saturated carbocycles. The maximum absolute atomic E-state index is 13.3. The van der Waals surface area contributed by atoms with Gasteiger partial charge in [-0.25, -0.2) is 8.42 Å². The summed E-state index contributed by atoms with van der Waals surface area (Å²) in [5.41, 5.74) is 0.782. The first-order valence-corrected chi connectivity index (χ1v) is 12.2. The van der Waals surface area contributed by atoms with E-state index in [1.807, 2.05) is 0 Å². The molecule has 0 unspecified atom stereocenters. The van der Waals surface area contributed by atoms with E-state index < -0.39 is 34.4 Å². The van der Waals surface area contributed by atoms with Crippen LogP contribution in [0.4, 0.5) is 5.69 Å². The van der Waals surface area contributed by atoms with Crippen LogP contribution in [0.5, 0.6) is 5.75 Å². The molecule has 0 spiro atoms. The van der Waals surface area contributed by atoms with E-state index in [-0.39, 0.29) is 22.3 Å². The first kappa shape index (κ1) is 25.8. The van der Waals surface area contributed by atoms with Gasteiger partial charge in [-0.15, -0.1) is 0 Å². The molecule has 2 aromatic carbocycles. The minimum Gasteiger partial charge on any atom is -0.497 e. The molecule has 1 N–H and O–H groups in total. The summed E-state index contributed by atoms with van der Waals surface area (Å²) in [5, 5.41) is 2.67. The fraction of sp³-hybridized carbons (Fsp3) is 0.333. The summed E-state index contributed by atoms with van der Waals surface area (Å²) in [6, 6.07) is 10.7. The predicted molar refractivity (Wildman–Crippen MR) is 126 cm³/mol. The number of carbonyl (C=O) groups is 2. The quantitative estimate of drug-likeness (QED) is 0.569. The van der Waals surface area contributed by atoms with Gasteiger partial charge in [-0.05, 0) is 36.8 Å². The second kappa shape index (κ2) is 10.9. The molecule has 0 aliphatic rings. The highest BCUT2D eigenvalue weighted by molar-refractivity contribution is 7.92. The number of rotatable bonds is 9. The molecular formula is C21H25Cl2N3O5S. The Balaban J connectivity index is 2.44. The number of benzene rings is 2. The van der Waals surface area contributed by atoms with Gasteiger partial charge in [0.1, 0.15) is 18.3 Å². The van der Waals surface area contributed by atoms with Crippen LogP contribution >= 0.6 is 23.2 Å².